The molecule has 2 amide bonds. The van der Waals surface area contributed by atoms with Crippen LogP contribution in [-0.4, -0.2) is 59.9 Å². The van der Waals surface area contributed by atoms with Crippen LogP contribution in [0.25, 0.3) is 0 Å². The maximum atomic E-state index is 12.3. The van der Waals surface area contributed by atoms with Crippen molar-refractivity contribution in [3.05, 3.63) is 0 Å². The number of carbonyl (C=O) groups excluding carboxylic acids is 3. The van der Waals surface area contributed by atoms with E-state index in [1.165, 1.54) is 0 Å². The number of esters is 1. The molecule has 0 aromatic heterocycles. The quantitative estimate of drug-likeness (QED) is 0.706. The van der Waals surface area contributed by atoms with Crippen LogP contribution in [0, 0.1) is 0 Å². The van der Waals surface area contributed by atoms with Crippen molar-refractivity contribution in [1.82, 2.24) is 9.80 Å². The van der Waals surface area contributed by atoms with E-state index in [0.29, 0.717) is 32.5 Å². The van der Waals surface area contributed by atoms with Crippen molar-refractivity contribution in [2.75, 3.05) is 26.2 Å². The van der Waals surface area contributed by atoms with Gasteiger partial charge >= 0.3 is 5.97 Å². The van der Waals surface area contributed by atoms with Crippen molar-refractivity contribution in [3.8, 4) is 0 Å². The zero-order chi connectivity index (χ0) is 14.5. The number of ether oxygens (including phenoxy) is 1. The van der Waals surface area contributed by atoms with Crippen LogP contribution in [0.3, 0.4) is 0 Å². The van der Waals surface area contributed by atoms with Gasteiger partial charge in [-0.25, -0.2) is 4.79 Å². The molecule has 6 nitrogen and oxygen atoms in total. The van der Waals surface area contributed by atoms with E-state index in [-0.39, 0.29) is 24.3 Å². The maximum Gasteiger partial charge on any atom is 0.328 e. The number of hydrogen-bond donors (Lipinski definition) is 0. The summed E-state index contributed by atoms with van der Waals surface area (Å²) in [6.45, 7) is 3.39. The molecule has 2 fully saturated rings. The third kappa shape index (κ3) is 3.29. The van der Waals surface area contributed by atoms with Gasteiger partial charge in [-0.3, -0.25) is 9.59 Å². The Hall–Kier alpha value is -1.59. The summed E-state index contributed by atoms with van der Waals surface area (Å²) >= 11 is 0. The summed E-state index contributed by atoms with van der Waals surface area (Å²) in [5.74, 6) is -0.436. The summed E-state index contributed by atoms with van der Waals surface area (Å²) < 4.78 is 5.04. The number of nitrogens with zero attached hydrogens (tertiary/aromatic N) is 2. The summed E-state index contributed by atoms with van der Waals surface area (Å²) in [5, 5.41) is 0. The first-order chi connectivity index (χ1) is 9.63. The molecule has 2 heterocycles. The molecule has 2 aliphatic heterocycles. The highest BCUT2D eigenvalue weighted by atomic mass is 16.5. The van der Waals surface area contributed by atoms with E-state index in [2.05, 4.69) is 0 Å². The maximum absolute atomic E-state index is 12.3. The van der Waals surface area contributed by atoms with Crippen LogP contribution in [0.15, 0.2) is 0 Å². The van der Waals surface area contributed by atoms with Gasteiger partial charge in [0.1, 0.15) is 6.04 Å². The highest BCUT2D eigenvalue weighted by molar-refractivity contribution is 5.89. The van der Waals surface area contributed by atoms with E-state index in [1.54, 1.807) is 16.7 Å². The lowest BCUT2D eigenvalue weighted by Crippen LogP contribution is -2.51. The van der Waals surface area contributed by atoms with Crippen LogP contribution < -0.4 is 0 Å². The van der Waals surface area contributed by atoms with Crippen LogP contribution in [0.5, 0.6) is 0 Å². The molecule has 1 unspecified atom stereocenters. The fourth-order valence-electron chi connectivity index (χ4n) is 2.84. The lowest BCUT2D eigenvalue weighted by molar-refractivity contribution is -0.157. The monoisotopic (exact) mass is 282 g/mol. The van der Waals surface area contributed by atoms with Crippen LogP contribution in [-0.2, 0) is 19.1 Å². The lowest BCUT2D eigenvalue weighted by atomic mass is 10.0. The molecule has 0 saturated carbocycles. The van der Waals surface area contributed by atoms with Gasteiger partial charge in [-0.15, -0.1) is 0 Å². The van der Waals surface area contributed by atoms with Crippen molar-refractivity contribution in [2.45, 2.75) is 45.1 Å². The first-order valence-corrected chi connectivity index (χ1v) is 7.37. The Morgan fingerprint density at radius 3 is 2.70 bits per heavy atom. The SMILES string of the molecule is CCOC(=O)C1CCCCN1C(=O)CN1CCCC1=O. The van der Waals surface area contributed by atoms with E-state index in [1.807, 2.05) is 0 Å². The minimum absolute atomic E-state index is 0.0306. The van der Waals surface area contributed by atoms with E-state index < -0.39 is 6.04 Å². The molecule has 0 aromatic rings. The number of piperidine rings is 1. The molecule has 1 atom stereocenters. The number of hydrogen-bond acceptors (Lipinski definition) is 4. The van der Waals surface area contributed by atoms with Crippen LogP contribution in [0.2, 0.25) is 0 Å². The number of rotatable bonds is 4. The molecule has 0 bridgehead atoms. The summed E-state index contributed by atoms with van der Waals surface area (Å²) in [6.07, 6.45) is 3.81. The topological polar surface area (TPSA) is 66.9 Å². The number of carbonyl (C=O) groups is 3. The van der Waals surface area contributed by atoms with Gasteiger partial charge in [0.05, 0.1) is 13.2 Å². The Balaban J connectivity index is 1.97. The number of amides is 2. The standard InChI is InChI=1S/C14H22N2O4/c1-2-20-14(19)11-6-3-4-9-16(11)13(18)10-15-8-5-7-12(15)17/h11H,2-10H2,1H3. The Labute approximate surface area is 119 Å². The Morgan fingerprint density at radius 1 is 1.25 bits per heavy atom. The largest absolute Gasteiger partial charge is 0.464 e. The second kappa shape index (κ2) is 6.72. The van der Waals surface area contributed by atoms with Crippen molar-refractivity contribution in [2.24, 2.45) is 0 Å². The zero-order valence-electron chi connectivity index (χ0n) is 12.0. The summed E-state index contributed by atoms with van der Waals surface area (Å²) in [4.78, 5) is 39.0. The molecule has 20 heavy (non-hydrogen) atoms. The summed E-state index contributed by atoms with van der Waals surface area (Å²) in [7, 11) is 0. The van der Waals surface area contributed by atoms with Gasteiger partial charge in [0.2, 0.25) is 11.8 Å². The van der Waals surface area contributed by atoms with Gasteiger partial charge < -0.3 is 14.5 Å². The molecule has 2 aliphatic rings. The van der Waals surface area contributed by atoms with Crippen LogP contribution in [0.4, 0.5) is 0 Å². The van der Waals surface area contributed by atoms with Crippen molar-refractivity contribution >= 4 is 17.8 Å². The smallest absolute Gasteiger partial charge is 0.328 e. The van der Waals surface area contributed by atoms with Crippen LogP contribution >= 0.6 is 0 Å². The first-order valence-electron chi connectivity index (χ1n) is 7.37. The second-order valence-electron chi connectivity index (χ2n) is 5.27. The van der Waals surface area contributed by atoms with Crippen molar-refractivity contribution in [3.63, 3.8) is 0 Å². The molecular weight excluding hydrogens is 260 g/mol. The third-order valence-electron chi connectivity index (χ3n) is 3.88. The van der Waals surface area contributed by atoms with Gasteiger partial charge in [-0.2, -0.15) is 0 Å². The molecular formula is C14H22N2O4. The normalized spacial score (nSPS) is 23.1. The van der Waals surface area contributed by atoms with Crippen molar-refractivity contribution in [1.29, 1.82) is 0 Å². The summed E-state index contributed by atoms with van der Waals surface area (Å²) in [6, 6.07) is -0.478. The molecule has 2 rings (SSSR count). The molecule has 0 aliphatic carbocycles. The molecule has 6 heteroatoms. The molecule has 112 valence electrons. The fourth-order valence-corrected chi connectivity index (χ4v) is 2.84. The third-order valence-corrected chi connectivity index (χ3v) is 3.88. The molecule has 0 radical (unpaired) electrons. The molecule has 2 saturated heterocycles. The average Bonchev–Trinajstić information content (AvgIpc) is 2.84. The van der Waals surface area contributed by atoms with Gasteiger partial charge in [0.15, 0.2) is 0 Å². The second-order valence-corrected chi connectivity index (χ2v) is 5.27. The average molecular weight is 282 g/mol. The lowest BCUT2D eigenvalue weighted by Gasteiger charge is -2.35. The van der Waals surface area contributed by atoms with Gasteiger partial charge in [0, 0.05) is 19.5 Å². The van der Waals surface area contributed by atoms with Gasteiger partial charge in [0.25, 0.3) is 0 Å². The zero-order valence-corrected chi connectivity index (χ0v) is 12.0. The number of likely N-dealkylation sites (tertiary alicyclic amines) is 2. The highest BCUT2D eigenvalue weighted by Crippen LogP contribution is 2.19. The van der Waals surface area contributed by atoms with Gasteiger partial charge in [-0.05, 0) is 32.6 Å². The first kappa shape index (κ1) is 14.8. The van der Waals surface area contributed by atoms with Crippen LogP contribution in [0.1, 0.15) is 39.0 Å². The summed E-state index contributed by atoms with van der Waals surface area (Å²) in [5.41, 5.74) is 0. The fraction of sp³-hybridized carbons (Fsp3) is 0.786. The van der Waals surface area contributed by atoms with Gasteiger partial charge in [-0.1, -0.05) is 0 Å². The molecule has 0 N–H and O–H groups in total. The predicted molar refractivity (Wildman–Crippen MR) is 71.8 cm³/mol. The molecule has 0 spiro atoms. The minimum Gasteiger partial charge on any atom is -0.464 e. The van der Waals surface area contributed by atoms with E-state index in [0.717, 1.165) is 19.3 Å². The Morgan fingerprint density at radius 2 is 2.05 bits per heavy atom. The highest BCUT2D eigenvalue weighted by Gasteiger charge is 2.34. The van der Waals surface area contributed by atoms with Crippen molar-refractivity contribution < 1.29 is 19.1 Å². The van der Waals surface area contributed by atoms with E-state index >= 15 is 0 Å². The Kier molecular flexibility index (Phi) is 4.98. The Bertz CT molecular complexity index is 397. The van der Waals surface area contributed by atoms with E-state index in [4.69, 9.17) is 4.74 Å². The van der Waals surface area contributed by atoms with E-state index in [9.17, 15) is 14.4 Å². The molecule has 0 aromatic carbocycles. The predicted octanol–water partition coefficient (Wildman–Crippen LogP) is 0.553. The minimum atomic E-state index is -0.478.